The van der Waals surface area contributed by atoms with Gasteiger partial charge in [-0.3, -0.25) is 4.57 Å². The Morgan fingerprint density at radius 2 is 1.14 bits per heavy atom. The van der Waals surface area contributed by atoms with E-state index >= 15 is 4.57 Å². The van der Waals surface area contributed by atoms with E-state index in [-0.39, 0.29) is 0 Å². The molecule has 1 aromatic heterocycles. The molecule has 1 unspecified atom stereocenters. The summed E-state index contributed by atoms with van der Waals surface area (Å²) in [6.45, 7) is 2.14. The molecule has 50 heavy (non-hydrogen) atoms. The number of hydrogen-bond donors (Lipinski definition) is 0. The van der Waals surface area contributed by atoms with E-state index in [9.17, 15) is 0 Å². The minimum atomic E-state index is -3.25. The molecule has 0 N–H and O–H groups in total. The molecule has 3 aliphatic rings. The van der Waals surface area contributed by atoms with Crippen molar-refractivity contribution in [2.45, 2.75) is 18.8 Å². The van der Waals surface area contributed by atoms with Gasteiger partial charge in [-0.1, -0.05) is 134 Å². The van der Waals surface area contributed by atoms with Gasteiger partial charge in [0.2, 0.25) is 0 Å². The minimum Gasteiger partial charge on any atom is -0.308 e. The molecule has 236 valence electrons. The lowest BCUT2D eigenvalue weighted by molar-refractivity contribution is 0.592. The normalized spacial score (nSPS) is 16.9. The van der Waals surface area contributed by atoms with Crippen LogP contribution < -0.4 is 15.9 Å². The second kappa shape index (κ2) is 9.91. The standard InChI is InChI=1S/C46H31N2OP/c1-2-44-47-40-21-12-22-42-45(40)48(44)41-26-24-30(28-43(41)50(42,49)31-13-4-3-5-14-31)29-23-25-35-34-17-8-11-20-38(34)46(39(35)27-29)36-18-9-6-15-32(36)33-16-7-10-19-37(33)46/h3-28H,2H2,1H3. The molecule has 1 aliphatic heterocycles. The van der Waals surface area contributed by atoms with Gasteiger partial charge in [0.05, 0.1) is 22.1 Å². The molecule has 3 nitrogen and oxygen atoms in total. The Kier molecular flexibility index (Phi) is 5.57. The van der Waals surface area contributed by atoms with Gasteiger partial charge < -0.3 is 4.57 Å². The first kappa shape index (κ1) is 28.1. The fourth-order valence-corrected chi connectivity index (χ4v) is 12.4. The van der Waals surface area contributed by atoms with E-state index in [0.717, 1.165) is 56.0 Å². The zero-order chi connectivity index (χ0) is 33.2. The van der Waals surface area contributed by atoms with Crippen LogP contribution in [0, 0.1) is 0 Å². The largest absolute Gasteiger partial charge is 0.308 e. The van der Waals surface area contributed by atoms with Gasteiger partial charge in [-0.15, -0.1) is 0 Å². The van der Waals surface area contributed by atoms with Gasteiger partial charge >= 0.3 is 0 Å². The first-order chi connectivity index (χ1) is 24.6. The summed E-state index contributed by atoms with van der Waals surface area (Å²) < 4.78 is 18.2. The number of nitrogens with zero attached hydrogens (tertiary/aromatic N) is 2. The fourth-order valence-electron chi connectivity index (χ4n) is 9.37. The van der Waals surface area contributed by atoms with Gasteiger partial charge in [-0.25, -0.2) is 4.98 Å². The zero-order valence-electron chi connectivity index (χ0n) is 27.5. The Morgan fingerprint density at radius 1 is 0.560 bits per heavy atom. The fraction of sp³-hybridized carbons (Fsp3) is 0.0652. The van der Waals surface area contributed by atoms with Crippen molar-refractivity contribution in [1.82, 2.24) is 9.55 Å². The topological polar surface area (TPSA) is 34.9 Å². The summed E-state index contributed by atoms with van der Waals surface area (Å²) in [7, 11) is -3.25. The number of benzene rings is 7. The number of fused-ring (bicyclic) bond motifs is 12. The van der Waals surface area contributed by atoms with Crippen LogP contribution in [0.4, 0.5) is 0 Å². The van der Waals surface area contributed by atoms with Crippen molar-refractivity contribution in [1.29, 1.82) is 0 Å². The van der Waals surface area contributed by atoms with E-state index in [2.05, 4.69) is 127 Å². The van der Waals surface area contributed by atoms with Crippen molar-refractivity contribution in [2.24, 2.45) is 0 Å². The summed E-state index contributed by atoms with van der Waals surface area (Å²) in [4.78, 5) is 5.02. The molecule has 0 bridgehead atoms. The minimum absolute atomic E-state index is 0.417. The highest BCUT2D eigenvalue weighted by Crippen LogP contribution is 2.63. The number of para-hydroxylation sites is 1. The Balaban J connectivity index is 1.19. The van der Waals surface area contributed by atoms with Crippen LogP contribution in [0.15, 0.2) is 158 Å². The van der Waals surface area contributed by atoms with E-state index in [4.69, 9.17) is 4.98 Å². The van der Waals surface area contributed by atoms with Gasteiger partial charge in [-0.2, -0.15) is 0 Å². The molecule has 0 saturated carbocycles. The summed E-state index contributed by atoms with van der Waals surface area (Å²) >= 11 is 0. The van der Waals surface area contributed by atoms with Crippen LogP contribution >= 0.6 is 7.14 Å². The maximum absolute atomic E-state index is 15.9. The number of aromatic nitrogens is 2. The molecule has 0 saturated heterocycles. The highest BCUT2D eigenvalue weighted by molar-refractivity contribution is 7.86. The molecule has 7 aromatic carbocycles. The molecule has 4 heteroatoms. The van der Waals surface area contributed by atoms with Crippen LogP contribution in [-0.4, -0.2) is 9.55 Å². The molecule has 2 aliphatic carbocycles. The molecule has 0 amide bonds. The van der Waals surface area contributed by atoms with Gasteiger partial charge in [0, 0.05) is 22.3 Å². The molecule has 0 fully saturated rings. The third-order valence-corrected chi connectivity index (χ3v) is 14.5. The Bertz CT molecular complexity index is 2730. The van der Waals surface area contributed by atoms with Gasteiger partial charge in [-0.05, 0) is 86.0 Å². The molecule has 8 aromatic rings. The van der Waals surface area contributed by atoms with Gasteiger partial charge in [0.1, 0.15) is 5.82 Å². The number of hydrogen-bond acceptors (Lipinski definition) is 2. The summed E-state index contributed by atoms with van der Waals surface area (Å²) in [5.74, 6) is 0.983. The molecular formula is C46H31N2OP. The van der Waals surface area contributed by atoms with Crippen molar-refractivity contribution >= 4 is 34.1 Å². The lowest BCUT2D eigenvalue weighted by atomic mass is 9.70. The summed E-state index contributed by atoms with van der Waals surface area (Å²) in [5.41, 5.74) is 15.0. The lowest BCUT2D eigenvalue weighted by Gasteiger charge is -2.31. The number of rotatable bonds is 3. The first-order valence-corrected chi connectivity index (χ1v) is 19.1. The monoisotopic (exact) mass is 658 g/mol. The smallest absolute Gasteiger partial charge is 0.175 e. The van der Waals surface area contributed by atoms with E-state index in [1.807, 2.05) is 42.5 Å². The predicted molar refractivity (Wildman–Crippen MR) is 205 cm³/mol. The van der Waals surface area contributed by atoms with Crippen LogP contribution in [0.5, 0.6) is 0 Å². The van der Waals surface area contributed by atoms with E-state index in [1.54, 1.807) is 0 Å². The van der Waals surface area contributed by atoms with Crippen LogP contribution in [0.3, 0.4) is 0 Å². The van der Waals surface area contributed by atoms with E-state index in [1.165, 1.54) is 44.5 Å². The van der Waals surface area contributed by atoms with Crippen LogP contribution in [0.25, 0.3) is 50.1 Å². The van der Waals surface area contributed by atoms with E-state index < -0.39 is 12.6 Å². The quantitative estimate of drug-likeness (QED) is 0.177. The molecule has 0 radical (unpaired) electrons. The first-order valence-electron chi connectivity index (χ1n) is 17.4. The predicted octanol–water partition coefficient (Wildman–Crippen LogP) is 9.55. The highest BCUT2D eigenvalue weighted by atomic mass is 31.2. The number of imidazole rings is 1. The average Bonchev–Trinajstić information content (AvgIpc) is 3.81. The summed E-state index contributed by atoms with van der Waals surface area (Å²) in [5, 5.41) is 2.57. The molecule has 2 heterocycles. The molecule has 1 spiro atoms. The van der Waals surface area contributed by atoms with Gasteiger partial charge in [0.15, 0.2) is 7.14 Å². The van der Waals surface area contributed by atoms with Crippen molar-refractivity contribution in [3.63, 3.8) is 0 Å². The van der Waals surface area contributed by atoms with Crippen molar-refractivity contribution < 1.29 is 4.57 Å². The maximum Gasteiger partial charge on any atom is 0.175 e. The SMILES string of the molecule is CCc1nc2cccc3c2n1-c1ccc(-c2ccc4c(c2)C2(c5ccccc5-c5ccccc52)c2ccccc2-4)cc1P3(=O)c1ccccc1. The Morgan fingerprint density at radius 3 is 1.80 bits per heavy atom. The second-order valence-electron chi connectivity index (χ2n) is 13.7. The average molecular weight is 659 g/mol. The zero-order valence-corrected chi connectivity index (χ0v) is 28.4. The van der Waals surface area contributed by atoms with Crippen LogP contribution in [-0.2, 0) is 16.4 Å². The van der Waals surface area contributed by atoms with Crippen molar-refractivity contribution in [3.8, 4) is 39.1 Å². The highest BCUT2D eigenvalue weighted by Gasteiger charge is 2.51. The van der Waals surface area contributed by atoms with Gasteiger partial charge in [0.25, 0.3) is 0 Å². The molecule has 1 atom stereocenters. The van der Waals surface area contributed by atoms with Crippen LogP contribution in [0.1, 0.15) is 35.0 Å². The van der Waals surface area contributed by atoms with E-state index in [0.29, 0.717) is 0 Å². The molecule has 11 rings (SSSR count). The van der Waals surface area contributed by atoms with Crippen LogP contribution in [0.2, 0.25) is 0 Å². The summed E-state index contributed by atoms with van der Waals surface area (Å²) in [6, 6.07) is 56.5. The Hall–Kier alpha value is -5.76. The molecular weight excluding hydrogens is 627 g/mol. The van der Waals surface area contributed by atoms with Crippen molar-refractivity contribution in [2.75, 3.05) is 0 Å². The van der Waals surface area contributed by atoms with Crippen molar-refractivity contribution in [3.05, 3.63) is 186 Å². The lowest BCUT2D eigenvalue weighted by Crippen LogP contribution is -2.33. The summed E-state index contributed by atoms with van der Waals surface area (Å²) in [6.07, 6.45) is 0.779. The third kappa shape index (κ3) is 3.31. The number of aryl methyl sites for hydroxylation is 1. The second-order valence-corrected chi connectivity index (χ2v) is 16.4. The maximum atomic E-state index is 15.9. The Labute approximate surface area is 290 Å². The third-order valence-electron chi connectivity index (χ3n) is 11.4.